The zero-order chi connectivity index (χ0) is 24.6. The Balaban J connectivity index is 1.17. The van der Waals surface area contributed by atoms with Crippen LogP contribution in [0, 0.1) is 52.3 Å². The van der Waals surface area contributed by atoms with Crippen molar-refractivity contribution < 1.29 is 23.7 Å². The Bertz CT molecular complexity index is 820. The van der Waals surface area contributed by atoms with Gasteiger partial charge < -0.3 is 18.9 Å². The molecule has 0 radical (unpaired) electrons. The molecule has 0 aromatic rings. The maximum absolute atomic E-state index is 11.9. The van der Waals surface area contributed by atoms with E-state index in [1.807, 2.05) is 6.92 Å². The molecule has 4 saturated carbocycles. The Kier molecular flexibility index (Phi) is 6.03. The van der Waals surface area contributed by atoms with E-state index in [2.05, 4.69) is 27.7 Å². The summed E-state index contributed by atoms with van der Waals surface area (Å²) in [5, 5.41) is 0. The van der Waals surface area contributed by atoms with Crippen molar-refractivity contribution >= 4 is 6.16 Å². The Morgan fingerprint density at radius 3 is 2.49 bits per heavy atom. The van der Waals surface area contributed by atoms with E-state index < -0.39 is 6.16 Å². The summed E-state index contributed by atoms with van der Waals surface area (Å²) in [4.78, 5) is 11.9. The van der Waals surface area contributed by atoms with Gasteiger partial charge in [-0.15, -0.1) is 0 Å². The van der Waals surface area contributed by atoms with Crippen LogP contribution in [0.1, 0.15) is 98.8 Å². The van der Waals surface area contributed by atoms with Crippen LogP contribution in [-0.2, 0) is 18.9 Å². The monoisotopic (exact) mass is 488 g/mol. The lowest BCUT2D eigenvalue weighted by molar-refractivity contribution is -0.273. The molecule has 6 rings (SSSR count). The third kappa shape index (κ3) is 3.64. The summed E-state index contributed by atoms with van der Waals surface area (Å²) in [6.45, 7) is 13.0. The topological polar surface area (TPSA) is 54.0 Å². The van der Waals surface area contributed by atoms with Crippen LogP contribution in [0.3, 0.4) is 0 Å². The predicted octanol–water partition coefficient (Wildman–Crippen LogP) is 6.97. The standard InChI is InChI=1S/C30H48O5/c1-6-32-27(31)34-21-10-12-28(4)20(15-21)7-8-22-23(28)11-13-29(5)24(22)16-25-26(29)19(3)30(35-25)14-9-18(2)17-33-30/h18-26H,6-17H2,1-5H3/t18-,19+,20?,21-,22?,23?,24?,25?,26?,28+,29+,30-/m1/s1. The van der Waals surface area contributed by atoms with Crippen LogP contribution in [0.25, 0.3) is 0 Å². The van der Waals surface area contributed by atoms with E-state index >= 15 is 0 Å². The number of carbonyl (C=O) groups is 1. The van der Waals surface area contributed by atoms with Crippen molar-refractivity contribution in [1.82, 2.24) is 0 Å². The third-order valence-electron chi connectivity index (χ3n) is 12.4. The normalized spacial score (nSPS) is 54.9. The molecule has 0 aromatic heterocycles. The van der Waals surface area contributed by atoms with Crippen molar-refractivity contribution in [1.29, 1.82) is 0 Å². The summed E-state index contributed by atoms with van der Waals surface area (Å²) in [6.07, 6.45) is 12.0. The van der Waals surface area contributed by atoms with Gasteiger partial charge in [0.1, 0.15) is 6.10 Å². The molecule has 2 heterocycles. The van der Waals surface area contributed by atoms with E-state index in [0.29, 0.717) is 47.2 Å². The molecule has 0 aromatic carbocycles. The van der Waals surface area contributed by atoms with Gasteiger partial charge in [0.05, 0.1) is 19.3 Å². The second kappa shape index (κ2) is 8.61. The fourth-order valence-electron chi connectivity index (χ4n) is 10.6. The molecule has 1 spiro atoms. The first-order chi connectivity index (χ1) is 16.7. The summed E-state index contributed by atoms with van der Waals surface area (Å²) >= 11 is 0. The summed E-state index contributed by atoms with van der Waals surface area (Å²) in [6, 6.07) is 0. The van der Waals surface area contributed by atoms with Crippen LogP contribution >= 0.6 is 0 Å². The molecule has 35 heavy (non-hydrogen) atoms. The van der Waals surface area contributed by atoms with Crippen LogP contribution in [0.15, 0.2) is 0 Å². The highest BCUT2D eigenvalue weighted by Crippen LogP contribution is 2.71. The van der Waals surface area contributed by atoms with Crippen molar-refractivity contribution in [2.45, 2.75) is 117 Å². The van der Waals surface area contributed by atoms with Crippen molar-refractivity contribution in [3.63, 3.8) is 0 Å². The SMILES string of the molecule is CCOC(=O)O[C@@H]1CC[C@@]2(C)C(CCC3C2CC[C@@]2(C)C3CC3O[C@]4(CC[C@@H](C)CO4)[C@@H](C)C32)C1. The lowest BCUT2D eigenvalue weighted by Gasteiger charge is -2.61. The maximum atomic E-state index is 11.9. The van der Waals surface area contributed by atoms with Crippen molar-refractivity contribution in [2.24, 2.45) is 52.3 Å². The number of ether oxygens (including phenoxy) is 4. The molecule has 12 atom stereocenters. The van der Waals surface area contributed by atoms with Gasteiger partial charge in [-0.1, -0.05) is 27.7 Å². The molecule has 0 amide bonds. The van der Waals surface area contributed by atoms with E-state index in [0.717, 1.165) is 43.6 Å². The van der Waals surface area contributed by atoms with Crippen LogP contribution < -0.4 is 0 Å². The number of fused-ring (bicyclic) bond motifs is 7. The first-order valence-electron chi connectivity index (χ1n) is 14.9. The first-order valence-corrected chi connectivity index (χ1v) is 14.9. The van der Waals surface area contributed by atoms with E-state index in [1.165, 1.54) is 44.9 Å². The molecular formula is C30H48O5. The molecule has 5 heteroatoms. The van der Waals surface area contributed by atoms with E-state index in [1.54, 1.807) is 0 Å². The molecule has 4 aliphatic carbocycles. The lowest BCUT2D eigenvalue weighted by atomic mass is 9.44. The highest BCUT2D eigenvalue weighted by molar-refractivity contribution is 5.60. The highest BCUT2D eigenvalue weighted by atomic mass is 16.7. The van der Waals surface area contributed by atoms with Gasteiger partial charge in [0.15, 0.2) is 5.79 Å². The summed E-state index contributed by atoms with van der Waals surface area (Å²) in [5.41, 5.74) is 0.765. The summed E-state index contributed by atoms with van der Waals surface area (Å²) in [5.74, 6) is 4.55. The van der Waals surface area contributed by atoms with Crippen molar-refractivity contribution in [3.8, 4) is 0 Å². The Labute approximate surface area is 212 Å². The van der Waals surface area contributed by atoms with Gasteiger partial charge >= 0.3 is 6.16 Å². The first kappa shape index (κ1) is 24.5. The number of hydrogen-bond acceptors (Lipinski definition) is 5. The second-order valence-corrected chi connectivity index (χ2v) is 13.9. The molecule has 5 nitrogen and oxygen atoms in total. The van der Waals surface area contributed by atoms with Crippen LogP contribution in [0.5, 0.6) is 0 Å². The Morgan fingerprint density at radius 2 is 1.74 bits per heavy atom. The van der Waals surface area contributed by atoms with Gasteiger partial charge in [0, 0.05) is 12.3 Å². The molecule has 2 saturated heterocycles. The van der Waals surface area contributed by atoms with Crippen LogP contribution in [0.4, 0.5) is 4.79 Å². The van der Waals surface area contributed by atoms with E-state index in [9.17, 15) is 4.79 Å². The predicted molar refractivity (Wildman–Crippen MR) is 134 cm³/mol. The Morgan fingerprint density at radius 1 is 0.943 bits per heavy atom. The molecule has 198 valence electrons. The molecule has 6 aliphatic rings. The molecule has 6 unspecified atom stereocenters. The summed E-state index contributed by atoms with van der Waals surface area (Å²) < 4.78 is 24.2. The number of hydrogen-bond donors (Lipinski definition) is 0. The molecule has 0 bridgehead atoms. The van der Waals surface area contributed by atoms with Gasteiger partial charge in [0.2, 0.25) is 0 Å². The van der Waals surface area contributed by atoms with Gasteiger partial charge in [-0.3, -0.25) is 0 Å². The van der Waals surface area contributed by atoms with E-state index in [4.69, 9.17) is 18.9 Å². The smallest absolute Gasteiger partial charge is 0.435 e. The zero-order valence-electron chi connectivity index (χ0n) is 22.7. The van der Waals surface area contributed by atoms with Crippen molar-refractivity contribution in [3.05, 3.63) is 0 Å². The number of rotatable bonds is 2. The Hall–Kier alpha value is -0.810. The maximum Gasteiger partial charge on any atom is 0.508 e. The highest BCUT2D eigenvalue weighted by Gasteiger charge is 2.69. The second-order valence-electron chi connectivity index (χ2n) is 13.9. The quantitative estimate of drug-likeness (QED) is 0.393. The van der Waals surface area contributed by atoms with Crippen molar-refractivity contribution in [2.75, 3.05) is 13.2 Å². The molecule has 0 N–H and O–H groups in total. The average Bonchev–Trinajstić information content (AvgIpc) is 3.26. The zero-order valence-corrected chi connectivity index (χ0v) is 22.7. The number of carbonyl (C=O) groups excluding carboxylic acids is 1. The summed E-state index contributed by atoms with van der Waals surface area (Å²) in [7, 11) is 0. The fraction of sp³-hybridized carbons (Fsp3) is 0.967. The molecule has 6 fully saturated rings. The van der Waals surface area contributed by atoms with Gasteiger partial charge in [-0.25, -0.2) is 4.79 Å². The van der Waals surface area contributed by atoms with Crippen LogP contribution in [-0.4, -0.2) is 37.4 Å². The van der Waals surface area contributed by atoms with Gasteiger partial charge in [0.25, 0.3) is 0 Å². The lowest BCUT2D eigenvalue weighted by Crippen LogP contribution is -2.55. The van der Waals surface area contributed by atoms with E-state index in [-0.39, 0.29) is 11.9 Å². The molecular weight excluding hydrogens is 440 g/mol. The van der Waals surface area contributed by atoms with Gasteiger partial charge in [-0.05, 0) is 111 Å². The largest absolute Gasteiger partial charge is 0.508 e. The fourth-order valence-corrected chi connectivity index (χ4v) is 10.6. The minimum atomic E-state index is -0.482. The average molecular weight is 489 g/mol. The molecule has 2 aliphatic heterocycles. The minimum Gasteiger partial charge on any atom is -0.435 e. The van der Waals surface area contributed by atoms with Crippen LogP contribution in [0.2, 0.25) is 0 Å². The minimum absolute atomic E-state index is 0.0343. The van der Waals surface area contributed by atoms with Gasteiger partial charge in [-0.2, -0.15) is 0 Å². The third-order valence-corrected chi connectivity index (χ3v) is 12.4.